The Bertz CT molecular complexity index is 598. The van der Waals surface area contributed by atoms with Crippen molar-refractivity contribution in [3.8, 4) is 5.75 Å². The molecule has 2 aromatic rings. The average Bonchev–Trinajstić information content (AvgIpc) is 2.79. The summed E-state index contributed by atoms with van der Waals surface area (Å²) < 4.78 is 0. The van der Waals surface area contributed by atoms with Gasteiger partial charge in [-0.1, -0.05) is 23.7 Å². The van der Waals surface area contributed by atoms with E-state index in [1.165, 1.54) is 5.56 Å². The standard InChI is InChI=1S/C15H15ClN2O/c16-14-3-1-2-12-13(14)9-18(15(12)8-17)10-4-6-11(19)7-5-10/h1-7,15,19H,8-9,17H2. The fraction of sp³-hybridized carbons (Fsp3) is 0.200. The second kappa shape index (κ2) is 4.76. The minimum absolute atomic E-state index is 0.137. The van der Waals surface area contributed by atoms with Crippen molar-refractivity contribution in [1.29, 1.82) is 0 Å². The van der Waals surface area contributed by atoms with E-state index in [0.29, 0.717) is 6.54 Å². The van der Waals surface area contributed by atoms with Crippen molar-refractivity contribution in [2.45, 2.75) is 12.6 Å². The van der Waals surface area contributed by atoms with Gasteiger partial charge in [-0.2, -0.15) is 0 Å². The van der Waals surface area contributed by atoms with Gasteiger partial charge in [0.1, 0.15) is 5.75 Å². The summed E-state index contributed by atoms with van der Waals surface area (Å²) in [6.07, 6.45) is 0. The van der Waals surface area contributed by atoms with E-state index in [-0.39, 0.29) is 11.8 Å². The number of benzene rings is 2. The summed E-state index contributed by atoms with van der Waals surface area (Å²) in [6.45, 7) is 1.29. The highest BCUT2D eigenvalue weighted by Gasteiger charge is 2.30. The lowest BCUT2D eigenvalue weighted by Crippen LogP contribution is -2.27. The normalized spacial score (nSPS) is 17.6. The van der Waals surface area contributed by atoms with Gasteiger partial charge < -0.3 is 15.7 Å². The molecule has 1 atom stereocenters. The van der Waals surface area contributed by atoms with Gasteiger partial charge in [0.05, 0.1) is 6.04 Å². The van der Waals surface area contributed by atoms with Crippen molar-refractivity contribution in [3.63, 3.8) is 0 Å². The molecular weight excluding hydrogens is 260 g/mol. The van der Waals surface area contributed by atoms with Crippen LogP contribution in [0.2, 0.25) is 5.02 Å². The minimum atomic E-state index is 0.137. The molecule has 1 heterocycles. The van der Waals surface area contributed by atoms with Crippen molar-refractivity contribution in [2.24, 2.45) is 5.73 Å². The Balaban J connectivity index is 2.02. The molecule has 1 unspecified atom stereocenters. The lowest BCUT2D eigenvalue weighted by atomic mass is 10.1. The number of fused-ring (bicyclic) bond motifs is 1. The molecule has 0 fully saturated rings. The summed E-state index contributed by atoms with van der Waals surface area (Å²) >= 11 is 6.26. The third kappa shape index (κ3) is 2.05. The molecule has 0 aromatic heterocycles. The summed E-state index contributed by atoms with van der Waals surface area (Å²) in [5.74, 6) is 0.266. The average molecular weight is 275 g/mol. The van der Waals surface area contributed by atoms with E-state index in [1.807, 2.05) is 24.3 Å². The number of rotatable bonds is 2. The number of hydrogen-bond donors (Lipinski definition) is 2. The van der Waals surface area contributed by atoms with Gasteiger partial charge in [-0.25, -0.2) is 0 Å². The van der Waals surface area contributed by atoms with E-state index >= 15 is 0 Å². The smallest absolute Gasteiger partial charge is 0.115 e. The predicted molar refractivity (Wildman–Crippen MR) is 77.5 cm³/mol. The maximum absolute atomic E-state index is 9.38. The van der Waals surface area contributed by atoms with Crippen LogP contribution < -0.4 is 10.6 Å². The van der Waals surface area contributed by atoms with Crippen LogP contribution in [0.25, 0.3) is 0 Å². The Hall–Kier alpha value is -1.71. The lowest BCUT2D eigenvalue weighted by molar-refractivity contribution is 0.475. The fourth-order valence-corrected chi connectivity index (χ4v) is 2.91. The molecule has 0 amide bonds. The van der Waals surface area contributed by atoms with Crippen molar-refractivity contribution >= 4 is 17.3 Å². The molecule has 98 valence electrons. The predicted octanol–water partition coefficient (Wildman–Crippen LogP) is 3.07. The fourth-order valence-electron chi connectivity index (χ4n) is 2.67. The molecule has 1 aliphatic rings. The van der Waals surface area contributed by atoms with Crippen LogP contribution in [0.4, 0.5) is 5.69 Å². The van der Waals surface area contributed by atoms with Gasteiger partial charge in [-0.3, -0.25) is 0 Å². The van der Waals surface area contributed by atoms with Gasteiger partial charge >= 0.3 is 0 Å². The first-order valence-electron chi connectivity index (χ1n) is 6.23. The number of phenols is 1. The van der Waals surface area contributed by atoms with Crippen molar-refractivity contribution < 1.29 is 5.11 Å². The van der Waals surface area contributed by atoms with Gasteiger partial charge in [0, 0.05) is 23.8 Å². The molecular formula is C15H15ClN2O. The Labute approximate surface area is 117 Å². The zero-order valence-electron chi connectivity index (χ0n) is 10.4. The summed E-state index contributed by atoms with van der Waals surface area (Å²) in [6, 6.07) is 13.3. The molecule has 19 heavy (non-hydrogen) atoms. The third-order valence-electron chi connectivity index (χ3n) is 3.62. The Morgan fingerprint density at radius 2 is 1.95 bits per heavy atom. The summed E-state index contributed by atoms with van der Waals surface area (Å²) in [5, 5.41) is 10.2. The summed E-state index contributed by atoms with van der Waals surface area (Å²) in [5.41, 5.74) is 9.31. The highest BCUT2D eigenvalue weighted by Crippen LogP contribution is 2.40. The van der Waals surface area contributed by atoms with Crippen LogP contribution in [0.3, 0.4) is 0 Å². The van der Waals surface area contributed by atoms with Gasteiger partial charge in [0.25, 0.3) is 0 Å². The molecule has 0 saturated heterocycles. The van der Waals surface area contributed by atoms with Crippen LogP contribution in [0.5, 0.6) is 5.75 Å². The quantitative estimate of drug-likeness (QED) is 0.885. The molecule has 3 N–H and O–H groups in total. The Morgan fingerprint density at radius 3 is 2.63 bits per heavy atom. The first-order chi connectivity index (χ1) is 9.20. The Morgan fingerprint density at radius 1 is 1.21 bits per heavy atom. The number of aromatic hydroxyl groups is 1. The zero-order chi connectivity index (χ0) is 13.4. The van der Waals surface area contributed by atoms with Crippen LogP contribution in [0.1, 0.15) is 17.2 Å². The van der Waals surface area contributed by atoms with Gasteiger partial charge in [0.2, 0.25) is 0 Å². The Kier molecular flexibility index (Phi) is 3.09. The molecule has 1 aliphatic heterocycles. The van der Waals surface area contributed by atoms with Gasteiger partial charge in [-0.15, -0.1) is 0 Å². The number of halogens is 1. The van der Waals surface area contributed by atoms with Crippen molar-refractivity contribution in [3.05, 3.63) is 58.6 Å². The van der Waals surface area contributed by atoms with Crippen molar-refractivity contribution in [1.82, 2.24) is 0 Å². The number of phenolic OH excluding ortho intramolecular Hbond substituents is 1. The number of nitrogens with zero attached hydrogens (tertiary/aromatic N) is 1. The van der Waals surface area contributed by atoms with E-state index in [0.717, 1.165) is 22.8 Å². The van der Waals surface area contributed by atoms with E-state index < -0.39 is 0 Å². The van der Waals surface area contributed by atoms with Gasteiger partial charge in [-0.05, 0) is 41.5 Å². The zero-order valence-corrected chi connectivity index (χ0v) is 11.1. The maximum Gasteiger partial charge on any atom is 0.115 e. The van der Waals surface area contributed by atoms with Crippen LogP contribution in [0.15, 0.2) is 42.5 Å². The molecule has 0 radical (unpaired) electrons. The molecule has 0 saturated carbocycles. The van der Waals surface area contributed by atoms with Crippen molar-refractivity contribution in [2.75, 3.05) is 11.4 Å². The number of anilines is 1. The van der Waals surface area contributed by atoms with Crippen LogP contribution >= 0.6 is 11.6 Å². The second-order valence-electron chi connectivity index (χ2n) is 4.70. The maximum atomic E-state index is 9.38. The molecule has 4 heteroatoms. The van der Waals surface area contributed by atoms with Gasteiger partial charge in [0.15, 0.2) is 0 Å². The van der Waals surface area contributed by atoms with E-state index in [9.17, 15) is 5.11 Å². The van der Waals surface area contributed by atoms with Crippen LogP contribution in [-0.4, -0.2) is 11.7 Å². The van der Waals surface area contributed by atoms with E-state index in [1.54, 1.807) is 12.1 Å². The minimum Gasteiger partial charge on any atom is -0.508 e. The third-order valence-corrected chi connectivity index (χ3v) is 3.98. The van der Waals surface area contributed by atoms with E-state index in [2.05, 4.69) is 11.0 Å². The first-order valence-corrected chi connectivity index (χ1v) is 6.61. The topological polar surface area (TPSA) is 49.5 Å². The molecule has 0 aliphatic carbocycles. The molecule has 3 nitrogen and oxygen atoms in total. The lowest BCUT2D eigenvalue weighted by Gasteiger charge is -2.26. The highest BCUT2D eigenvalue weighted by molar-refractivity contribution is 6.31. The number of nitrogens with two attached hydrogens (primary N) is 1. The molecule has 3 rings (SSSR count). The largest absolute Gasteiger partial charge is 0.508 e. The van der Waals surface area contributed by atoms with Crippen LogP contribution in [0, 0.1) is 0 Å². The monoisotopic (exact) mass is 274 g/mol. The highest BCUT2D eigenvalue weighted by atomic mass is 35.5. The summed E-state index contributed by atoms with van der Waals surface area (Å²) in [4.78, 5) is 2.22. The molecule has 0 bridgehead atoms. The van der Waals surface area contributed by atoms with E-state index in [4.69, 9.17) is 17.3 Å². The number of hydrogen-bond acceptors (Lipinski definition) is 3. The molecule has 0 spiro atoms. The first kappa shape index (κ1) is 12.3. The SMILES string of the molecule is NCC1c2cccc(Cl)c2CN1c1ccc(O)cc1. The van der Waals surface area contributed by atoms with Crippen LogP contribution in [-0.2, 0) is 6.54 Å². The summed E-state index contributed by atoms with van der Waals surface area (Å²) in [7, 11) is 0. The second-order valence-corrected chi connectivity index (χ2v) is 5.11. The molecule has 2 aromatic carbocycles.